The second kappa shape index (κ2) is 6.01. The first-order chi connectivity index (χ1) is 10.5. The highest BCUT2D eigenvalue weighted by Gasteiger charge is 2.33. The lowest BCUT2D eigenvalue weighted by atomic mass is 10.0. The standard InChI is InChI=1S/C18H19ClN2O/c1-11-2-9-15(20)10-16(11)18(22)21-17(12-3-4-12)13-5-7-14(19)8-6-13/h2,5-10,12,17H,3-4,20H2,1H3,(H,21,22). The van der Waals surface area contributed by atoms with Crippen LogP contribution in [0, 0.1) is 12.8 Å². The van der Waals surface area contributed by atoms with E-state index in [9.17, 15) is 4.79 Å². The predicted molar refractivity (Wildman–Crippen MR) is 90.0 cm³/mol. The fourth-order valence-corrected chi connectivity index (χ4v) is 2.80. The van der Waals surface area contributed by atoms with Gasteiger partial charge in [0.2, 0.25) is 0 Å². The molecule has 3 N–H and O–H groups in total. The third-order valence-electron chi connectivity index (χ3n) is 4.12. The largest absolute Gasteiger partial charge is 0.399 e. The molecular weight excluding hydrogens is 296 g/mol. The van der Waals surface area contributed by atoms with E-state index >= 15 is 0 Å². The summed E-state index contributed by atoms with van der Waals surface area (Å²) in [6.45, 7) is 1.92. The van der Waals surface area contributed by atoms with Crippen LogP contribution in [0.25, 0.3) is 0 Å². The van der Waals surface area contributed by atoms with Crippen molar-refractivity contribution in [3.63, 3.8) is 0 Å². The summed E-state index contributed by atoms with van der Waals surface area (Å²) in [6, 6.07) is 13.1. The minimum Gasteiger partial charge on any atom is -0.399 e. The molecule has 22 heavy (non-hydrogen) atoms. The van der Waals surface area contributed by atoms with Gasteiger partial charge in [0.1, 0.15) is 0 Å². The Balaban J connectivity index is 1.83. The second-order valence-electron chi connectivity index (χ2n) is 5.91. The fraction of sp³-hybridized carbons (Fsp3) is 0.278. The molecule has 1 unspecified atom stereocenters. The van der Waals surface area contributed by atoms with E-state index in [1.54, 1.807) is 6.07 Å². The molecule has 1 aliphatic carbocycles. The van der Waals surface area contributed by atoms with Gasteiger partial charge in [-0.15, -0.1) is 0 Å². The van der Waals surface area contributed by atoms with Crippen molar-refractivity contribution in [2.45, 2.75) is 25.8 Å². The third-order valence-corrected chi connectivity index (χ3v) is 4.37. The Morgan fingerprint density at radius 3 is 2.55 bits per heavy atom. The molecular formula is C18H19ClN2O. The molecule has 0 aliphatic heterocycles. The zero-order chi connectivity index (χ0) is 15.7. The second-order valence-corrected chi connectivity index (χ2v) is 6.35. The average molecular weight is 315 g/mol. The van der Waals surface area contributed by atoms with Crippen molar-refractivity contribution in [2.24, 2.45) is 5.92 Å². The van der Waals surface area contributed by atoms with Crippen molar-refractivity contribution in [1.82, 2.24) is 5.32 Å². The van der Waals surface area contributed by atoms with Gasteiger partial charge in [-0.05, 0) is 61.1 Å². The molecule has 1 amide bonds. The summed E-state index contributed by atoms with van der Waals surface area (Å²) in [6.07, 6.45) is 2.28. The van der Waals surface area contributed by atoms with Gasteiger partial charge in [0.25, 0.3) is 5.91 Å². The van der Waals surface area contributed by atoms with Crippen LogP contribution in [-0.2, 0) is 0 Å². The van der Waals surface area contributed by atoms with Crippen LogP contribution in [0.2, 0.25) is 5.02 Å². The van der Waals surface area contributed by atoms with Crippen LogP contribution in [0.3, 0.4) is 0 Å². The molecule has 2 aromatic carbocycles. The summed E-state index contributed by atoms with van der Waals surface area (Å²) in [4.78, 5) is 12.6. The van der Waals surface area contributed by atoms with E-state index < -0.39 is 0 Å². The van der Waals surface area contributed by atoms with Crippen LogP contribution in [0.4, 0.5) is 5.69 Å². The molecule has 1 atom stereocenters. The summed E-state index contributed by atoms with van der Waals surface area (Å²) >= 11 is 5.95. The molecule has 114 valence electrons. The molecule has 3 nitrogen and oxygen atoms in total. The summed E-state index contributed by atoms with van der Waals surface area (Å²) in [5.41, 5.74) is 9.07. The summed E-state index contributed by atoms with van der Waals surface area (Å²) in [7, 11) is 0. The van der Waals surface area contributed by atoms with Gasteiger partial charge < -0.3 is 11.1 Å². The van der Waals surface area contributed by atoms with Crippen LogP contribution >= 0.6 is 11.6 Å². The van der Waals surface area contributed by atoms with Crippen molar-refractivity contribution in [2.75, 3.05) is 5.73 Å². The molecule has 0 aromatic heterocycles. The van der Waals surface area contributed by atoms with Gasteiger partial charge >= 0.3 is 0 Å². The minimum absolute atomic E-state index is 0.0330. The van der Waals surface area contributed by atoms with Crippen LogP contribution in [0.15, 0.2) is 42.5 Å². The Labute approximate surface area is 135 Å². The summed E-state index contributed by atoms with van der Waals surface area (Å²) in [5, 5.41) is 3.87. The first-order valence-corrected chi connectivity index (χ1v) is 7.85. The number of benzene rings is 2. The molecule has 2 aromatic rings. The highest BCUT2D eigenvalue weighted by molar-refractivity contribution is 6.30. The highest BCUT2D eigenvalue weighted by atomic mass is 35.5. The molecule has 0 radical (unpaired) electrons. The Hall–Kier alpha value is -2.00. The first kappa shape index (κ1) is 14.9. The Kier molecular flexibility index (Phi) is 4.08. The number of halogens is 1. The maximum Gasteiger partial charge on any atom is 0.252 e. The number of anilines is 1. The molecule has 0 heterocycles. The van der Waals surface area contributed by atoms with E-state index in [-0.39, 0.29) is 11.9 Å². The monoisotopic (exact) mass is 314 g/mol. The Bertz CT molecular complexity index is 693. The average Bonchev–Trinajstić information content (AvgIpc) is 3.33. The molecule has 1 saturated carbocycles. The lowest BCUT2D eigenvalue weighted by Gasteiger charge is -2.20. The number of hydrogen-bond donors (Lipinski definition) is 2. The van der Waals surface area contributed by atoms with E-state index in [4.69, 9.17) is 17.3 Å². The van der Waals surface area contributed by atoms with E-state index in [1.165, 1.54) is 0 Å². The van der Waals surface area contributed by atoms with E-state index in [0.29, 0.717) is 22.2 Å². The quantitative estimate of drug-likeness (QED) is 0.834. The van der Waals surface area contributed by atoms with Crippen LogP contribution < -0.4 is 11.1 Å². The van der Waals surface area contributed by atoms with Crippen LogP contribution in [-0.4, -0.2) is 5.91 Å². The molecule has 0 saturated heterocycles. The SMILES string of the molecule is Cc1ccc(N)cc1C(=O)NC(c1ccc(Cl)cc1)C1CC1. The predicted octanol–water partition coefficient (Wildman–Crippen LogP) is 4.11. The van der Waals surface area contributed by atoms with E-state index in [2.05, 4.69) is 5.32 Å². The van der Waals surface area contributed by atoms with Crippen molar-refractivity contribution in [3.05, 3.63) is 64.2 Å². The van der Waals surface area contributed by atoms with Crippen LogP contribution in [0.5, 0.6) is 0 Å². The van der Waals surface area contributed by atoms with Gasteiger partial charge in [-0.2, -0.15) is 0 Å². The van der Waals surface area contributed by atoms with E-state index in [0.717, 1.165) is 24.0 Å². The third kappa shape index (κ3) is 3.25. The minimum atomic E-state index is -0.0725. The maximum atomic E-state index is 12.6. The Morgan fingerprint density at radius 1 is 1.23 bits per heavy atom. The van der Waals surface area contributed by atoms with Gasteiger partial charge in [0, 0.05) is 16.3 Å². The molecule has 1 aliphatic rings. The van der Waals surface area contributed by atoms with Gasteiger partial charge in [0.05, 0.1) is 6.04 Å². The number of nitrogens with one attached hydrogen (secondary N) is 1. The zero-order valence-corrected chi connectivity index (χ0v) is 13.2. The fourth-order valence-electron chi connectivity index (χ4n) is 2.68. The molecule has 0 bridgehead atoms. The first-order valence-electron chi connectivity index (χ1n) is 7.47. The topological polar surface area (TPSA) is 55.1 Å². The number of aryl methyl sites for hydroxylation is 1. The lowest BCUT2D eigenvalue weighted by molar-refractivity contribution is 0.0931. The van der Waals surface area contributed by atoms with Gasteiger partial charge in [-0.1, -0.05) is 29.8 Å². The summed E-state index contributed by atoms with van der Waals surface area (Å²) in [5.74, 6) is 0.433. The highest BCUT2D eigenvalue weighted by Crippen LogP contribution is 2.41. The van der Waals surface area contributed by atoms with Crippen LogP contribution in [0.1, 0.15) is 40.4 Å². The van der Waals surface area contributed by atoms with E-state index in [1.807, 2.05) is 43.3 Å². The van der Waals surface area contributed by atoms with Gasteiger partial charge in [-0.25, -0.2) is 0 Å². The molecule has 3 rings (SSSR count). The van der Waals surface area contributed by atoms with Crippen molar-refractivity contribution < 1.29 is 4.79 Å². The zero-order valence-electron chi connectivity index (χ0n) is 12.5. The maximum absolute atomic E-state index is 12.6. The lowest BCUT2D eigenvalue weighted by Crippen LogP contribution is -2.30. The van der Waals surface area contributed by atoms with Gasteiger partial charge in [-0.3, -0.25) is 4.79 Å². The number of carbonyl (C=O) groups is 1. The summed E-state index contributed by atoms with van der Waals surface area (Å²) < 4.78 is 0. The molecule has 4 heteroatoms. The molecule has 1 fully saturated rings. The Morgan fingerprint density at radius 2 is 1.91 bits per heavy atom. The van der Waals surface area contributed by atoms with Crippen molar-refractivity contribution >= 4 is 23.2 Å². The smallest absolute Gasteiger partial charge is 0.252 e. The number of nitrogen functional groups attached to an aromatic ring is 1. The number of hydrogen-bond acceptors (Lipinski definition) is 2. The van der Waals surface area contributed by atoms with Crippen molar-refractivity contribution in [3.8, 4) is 0 Å². The number of nitrogens with two attached hydrogens (primary N) is 1. The number of amides is 1. The van der Waals surface area contributed by atoms with Gasteiger partial charge in [0.15, 0.2) is 0 Å². The number of rotatable bonds is 4. The molecule has 0 spiro atoms. The normalized spacial score (nSPS) is 15.4. The number of carbonyl (C=O) groups excluding carboxylic acids is 1. The van der Waals surface area contributed by atoms with Crippen molar-refractivity contribution in [1.29, 1.82) is 0 Å².